The number of nitrogens with zero attached hydrogens (tertiary/aromatic N) is 2. The SMILES string of the molecule is Cc1c(Cl)c(COC(=O)/C=C/c2ccc(C#N)cc2)nc2ccccc12. The number of fused-ring (bicyclic) bond motifs is 1. The Hall–Kier alpha value is -3.16. The van der Waals surface area contributed by atoms with Crippen LogP contribution >= 0.6 is 11.6 Å². The lowest BCUT2D eigenvalue weighted by atomic mass is 10.1. The normalized spacial score (nSPS) is 10.8. The third kappa shape index (κ3) is 3.90. The lowest BCUT2D eigenvalue weighted by Gasteiger charge is -2.09. The smallest absolute Gasteiger partial charge is 0.331 e. The summed E-state index contributed by atoms with van der Waals surface area (Å²) in [6.07, 6.45) is 2.97. The van der Waals surface area contributed by atoms with Crippen LogP contribution in [0.25, 0.3) is 17.0 Å². The largest absolute Gasteiger partial charge is 0.456 e. The van der Waals surface area contributed by atoms with Crippen molar-refractivity contribution in [3.8, 4) is 6.07 Å². The molecule has 0 radical (unpaired) electrons. The molecule has 0 saturated heterocycles. The maximum Gasteiger partial charge on any atom is 0.331 e. The van der Waals surface area contributed by atoms with E-state index in [-0.39, 0.29) is 6.61 Å². The molecule has 0 unspecified atom stereocenters. The molecule has 5 heteroatoms. The van der Waals surface area contributed by atoms with Crippen LogP contribution in [0.2, 0.25) is 5.02 Å². The molecule has 1 heterocycles. The molecule has 0 amide bonds. The zero-order valence-corrected chi connectivity index (χ0v) is 14.8. The Morgan fingerprint density at radius 1 is 1.23 bits per heavy atom. The third-order valence-corrected chi connectivity index (χ3v) is 4.45. The van der Waals surface area contributed by atoms with Gasteiger partial charge >= 0.3 is 5.97 Å². The minimum Gasteiger partial charge on any atom is -0.456 e. The van der Waals surface area contributed by atoms with Crippen molar-refractivity contribution >= 4 is 34.5 Å². The number of aryl methyl sites for hydroxylation is 1. The molecule has 0 N–H and O–H groups in total. The zero-order chi connectivity index (χ0) is 18.5. The number of para-hydroxylation sites is 1. The number of pyridine rings is 1. The number of benzene rings is 2. The second kappa shape index (κ2) is 7.81. The molecule has 0 bridgehead atoms. The molecule has 26 heavy (non-hydrogen) atoms. The topological polar surface area (TPSA) is 63.0 Å². The van der Waals surface area contributed by atoms with Gasteiger partial charge in [0.25, 0.3) is 0 Å². The first-order valence-electron chi connectivity index (χ1n) is 7.97. The van der Waals surface area contributed by atoms with Gasteiger partial charge in [0.15, 0.2) is 0 Å². The van der Waals surface area contributed by atoms with Crippen LogP contribution in [0.15, 0.2) is 54.6 Å². The number of hydrogen-bond donors (Lipinski definition) is 0. The first-order chi connectivity index (χ1) is 12.6. The van der Waals surface area contributed by atoms with Crippen LogP contribution in [-0.4, -0.2) is 11.0 Å². The molecule has 0 aliphatic rings. The van der Waals surface area contributed by atoms with Crippen molar-refractivity contribution in [1.29, 1.82) is 5.26 Å². The molecule has 1 aromatic heterocycles. The number of rotatable bonds is 4. The Bertz CT molecular complexity index is 1030. The number of hydrogen-bond acceptors (Lipinski definition) is 4. The first kappa shape index (κ1) is 17.7. The van der Waals surface area contributed by atoms with Crippen molar-refractivity contribution in [3.05, 3.63) is 82.0 Å². The number of esters is 1. The van der Waals surface area contributed by atoms with E-state index in [1.807, 2.05) is 37.3 Å². The van der Waals surface area contributed by atoms with E-state index in [0.29, 0.717) is 16.3 Å². The molecular formula is C21H15ClN2O2. The number of carbonyl (C=O) groups is 1. The molecule has 2 aromatic carbocycles. The highest BCUT2D eigenvalue weighted by Gasteiger charge is 2.11. The predicted octanol–water partition coefficient (Wildman–Crippen LogP) is 4.82. The molecule has 128 valence electrons. The predicted molar refractivity (Wildman–Crippen MR) is 101 cm³/mol. The highest BCUT2D eigenvalue weighted by atomic mass is 35.5. The van der Waals surface area contributed by atoms with Gasteiger partial charge in [0.1, 0.15) is 6.61 Å². The van der Waals surface area contributed by atoms with Gasteiger partial charge in [-0.2, -0.15) is 5.26 Å². The Balaban J connectivity index is 1.69. The Labute approximate surface area is 156 Å². The fourth-order valence-corrected chi connectivity index (χ4v) is 2.73. The summed E-state index contributed by atoms with van der Waals surface area (Å²) in [4.78, 5) is 16.4. The van der Waals surface area contributed by atoms with Gasteiger partial charge in [-0.05, 0) is 42.3 Å². The monoisotopic (exact) mass is 362 g/mol. The number of aromatic nitrogens is 1. The van der Waals surface area contributed by atoms with Crippen molar-refractivity contribution in [2.45, 2.75) is 13.5 Å². The zero-order valence-electron chi connectivity index (χ0n) is 14.1. The van der Waals surface area contributed by atoms with Crippen LogP contribution in [0.3, 0.4) is 0 Å². The Morgan fingerprint density at radius 3 is 2.69 bits per heavy atom. The van der Waals surface area contributed by atoms with Crippen molar-refractivity contribution in [2.24, 2.45) is 0 Å². The fourth-order valence-electron chi connectivity index (χ4n) is 2.53. The minimum atomic E-state index is -0.488. The molecule has 3 rings (SSSR count). The van der Waals surface area contributed by atoms with E-state index in [2.05, 4.69) is 4.98 Å². The lowest BCUT2D eigenvalue weighted by molar-refractivity contribution is -0.139. The molecule has 0 aliphatic heterocycles. The van der Waals surface area contributed by atoms with E-state index >= 15 is 0 Å². The maximum atomic E-state index is 11.9. The van der Waals surface area contributed by atoms with E-state index in [4.69, 9.17) is 21.6 Å². The minimum absolute atomic E-state index is 0.00104. The quantitative estimate of drug-likeness (QED) is 0.493. The van der Waals surface area contributed by atoms with Gasteiger partial charge in [-0.25, -0.2) is 9.78 Å². The number of ether oxygens (including phenoxy) is 1. The second-order valence-electron chi connectivity index (χ2n) is 5.69. The summed E-state index contributed by atoms with van der Waals surface area (Å²) >= 11 is 6.36. The van der Waals surface area contributed by atoms with Crippen LogP contribution in [0.1, 0.15) is 22.4 Å². The highest BCUT2D eigenvalue weighted by molar-refractivity contribution is 6.32. The highest BCUT2D eigenvalue weighted by Crippen LogP contribution is 2.27. The molecular weight excluding hydrogens is 348 g/mol. The van der Waals surface area contributed by atoms with Crippen molar-refractivity contribution in [2.75, 3.05) is 0 Å². The second-order valence-corrected chi connectivity index (χ2v) is 6.07. The first-order valence-corrected chi connectivity index (χ1v) is 8.35. The summed E-state index contributed by atoms with van der Waals surface area (Å²) < 4.78 is 5.25. The lowest BCUT2D eigenvalue weighted by Crippen LogP contribution is -2.04. The van der Waals surface area contributed by atoms with Crippen LogP contribution in [0.5, 0.6) is 0 Å². The average Bonchev–Trinajstić information content (AvgIpc) is 2.68. The Morgan fingerprint density at radius 2 is 1.96 bits per heavy atom. The van der Waals surface area contributed by atoms with Crippen molar-refractivity contribution in [3.63, 3.8) is 0 Å². The average molecular weight is 363 g/mol. The van der Waals surface area contributed by atoms with Gasteiger partial charge in [0.05, 0.1) is 27.9 Å². The molecule has 0 atom stereocenters. The summed E-state index contributed by atoms with van der Waals surface area (Å²) in [5.41, 5.74) is 3.63. The van der Waals surface area contributed by atoms with Crippen LogP contribution in [0.4, 0.5) is 0 Å². The molecule has 0 saturated carbocycles. The number of halogens is 1. The molecule has 3 aromatic rings. The van der Waals surface area contributed by atoms with Gasteiger partial charge < -0.3 is 4.74 Å². The van der Waals surface area contributed by atoms with Gasteiger partial charge in [0, 0.05) is 11.5 Å². The van der Waals surface area contributed by atoms with Gasteiger partial charge in [-0.3, -0.25) is 0 Å². The van der Waals surface area contributed by atoms with Gasteiger partial charge in [-0.1, -0.05) is 41.9 Å². The molecule has 4 nitrogen and oxygen atoms in total. The van der Waals surface area contributed by atoms with E-state index in [1.165, 1.54) is 6.08 Å². The van der Waals surface area contributed by atoms with E-state index in [0.717, 1.165) is 22.0 Å². The molecule has 0 aliphatic carbocycles. The number of nitriles is 1. The number of carbonyl (C=O) groups excluding carboxylic acids is 1. The van der Waals surface area contributed by atoms with Crippen LogP contribution in [0, 0.1) is 18.3 Å². The maximum absolute atomic E-state index is 11.9. The van der Waals surface area contributed by atoms with E-state index in [9.17, 15) is 4.79 Å². The van der Waals surface area contributed by atoms with Gasteiger partial charge in [-0.15, -0.1) is 0 Å². The van der Waals surface area contributed by atoms with Gasteiger partial charge in [0.2, 0.25) is 0 Å². The molecule has 0 spiro atoms. The fraction of sp³-hybridized carbons (Fsp3) is 0.0952. The van der Waals surface area contributed by atoms with Crippen molar-refractivity contribution in [1.82, 2.24) is 4.98 Å². The summed E-state index contributed by atoms with van der Waals surface area (Å²) in [5, 5.41) is 10.3. The van der Waals surface area contributed by atoms with E-state index < -0.39 is 5.97 Å². The van der Waals surface area contributed by atoms with Crippen LogP contribution < -0.4 is 0 Å². The standard InChI is InChI=1S/C21H15ClN2O2/c1-14-17-4-2-3-5-18(17)24-19(21(14)22)13-26-20(25)11-10-15-6-8-16(12-23)9-7-15/h2-11H,13H2,1H3/b11-10+. The summed E-state index contributed by atoms with van der Waals surface area (Å²) in [7, 11) is 0. The van der Waals surface area contributed by atoms with Crippen LogP contribution in [-0.2, 0) is 16.1 Å². The molecule has 0 fully saturated rings. The van der Waals surface area contributed by atoms with E-state index in [1.54, 1.807) is 30.3 Å². The summed E-state index contributed by atoms with van der Waals surface area (Å²) in [6, 6.07) is 16.6. The summed E-state index contributed by atoms with van der Waals surface area (Å²) in [6.45, 7) is 1.92. The Kier molecular flexibility index (Phi) is 5.31. The van der Waals surface area contributed by atoms with Crippen molar-refractivity contribution < 1.29 is 9.53 Å². The third-order valence-electron chi connectivity index (χ3n) is 3.95. The summed E-state index contributed by atoms with van der Waals surface area (Å²) in [5.74, 6) is -0.488.